The van der Waals surface area contributed by atoms with E-state index in [0.717, 1.165) is 28.1 Å². The first kappa shape index (κ1) is 21.1. The second-order valence-electron chi connectivity index (χ2n) is 7.07. The third-order valence-corrected chi connectivity index (χ3v) is 6.13. The lowest BCUT2D eigenvalue weighted by Gasteiger charge is -2.18. The molecule has 0 bridgehead atoms. The number of nitrogens with zero attached hydrogens (tertiary/aromatic N) is 4. The Morgan fingerprint density at radius 1 is 1.03 bits per heavy atom. The number of nitrogens with one attached hydrogen (secondary N) is 1. The normalized spacial score (nSPS) is 11.8. The molecular formula is C23H20ClN5OS. The number of benzene rings is 3. The molecule has 0 spiro atoms. The summed E-state index contributed by atoms with van der Waals surface area (Å²) in [6.07, 6.45) is 0. The molecule has 8 heteroatoms. The Labute approximate surface area is 189 Å². The molecule has 0 aliphatic rings. The second-order valence-corrected chi connectivity index (χ2v) is 8.58. The molecule has 0 radical (unpaired) electrons. The lowest BCUT2D eigenvalue weighted by molar-refractivity contribution is -0.115. The van der Waals surface area contributed by atoms with Crippen molar-refractivity contribution >= 4 is 35.0 Å². The number of aryl methyl sites for hydroxylation is 2. The van der Waals surface area contributed by atoms with E-state index in [1.165, 1.54) is 11.8 Å². The van der Waals surface area contributed by atoms with Crippen LogP contribution in [-0.2, 0) is 4.79 Å². The molecule has 1 aromatic heterocycles. The third-order valence-electron chi connectivity index (χ3n) is 4.71. The van der Waals surface area contributed by atoms with Crippen molar-refractivity contribution in [3.05, 3.63) is 94.5 Å². The van der Waals surface area contributed by atoms with Crippen LogP contribution in [0.5, 0.6) is 0 Å². The Balaban J connectivity index is 1.67. The molecule has 3 aromatic carbocycles. The average molecular weight is 450 g/mol. The summed E-state index contributed by atoms with van der Waals surface area (Å²) in [6, 6.07) is 22.8. The predicted octanol–water partition coefficient (Wildman–Crippen LogP) is 5.40. The van der Waals surface area contributed by atoms with E-state index in [1.54, 1.807) is 16.8 Å². The molecule has 6 nitrogen and oxygen atoms in total. The van der Waals surface area contributed by atoms with Crippen molar-refractivity contribution in [1.29, 1.82) is 0 Å². The van der Waals surface area contributed by atoms with Gasteiger partial charge in [-0.05, 0) is 65.2 Å². The third kappa shape index (κ3) is 4.95. The molecule has 0 saturated heterocycles. The van der Waals surface area contributed by atoms with Gasteiger partial charge in [-0.25, -0.2) is 0 Å². The fourth-order valence-electron chi connectivity index (χ4n) is 3.10. The summed E-state index contributed by atoms with van der Waals surface area (Å²) in [5.74, 6) is -0.148. The van der Waals surface area contributed by atoms with Crippen molar-refractivity contribution in [2.75, 3.05) is 5.32 Å². The molecule has 0 unspecified atom stereocenters. The van der Waals surface area contributed by atoms with Crippen LogP contribution in [0.3, 0.4) is 0 Å². The van der Waals surface area contributed by atoms with E-state index in [1.807, 2.05) is 74.5 Å². The van der Waals surface area contributed by atoms with E-state index in [0.29, 0.717) is 10.2 Å². The smallest absolute Gasteiger partial charge is 0.242 e. The van der Waals surface area contributed by atoms with E-state index >= 15 is 0 Å². The molecule has 1 heterocycles. The highest BCUT2D eigenvalue weighted by Crippen LogP contribution is 2.36. The lowest BCUT2D eigenvalue weighted by atomic mass is 10.1. The van der Waals surface area contributed by atoms with Crippen LogP contribution in [0.25, 0.3) is 5.69 Å². The minimum absolute atomic E-state index is 0.148. The first-order valence-corrected chi connectivity index (χ1v) is 10.9. The van der Waals surface area contributed by atoms with Crippen LogP contribution in [0.2, 0.25) is 5.02 Å². The van der Waals surface area contributed by atoms with E-state index in [4.69, 9.17) is 11.6 Å². The maximum absolute atomic E-state index is 13.4. The van der Waals surface area contributed by atoms with Crippen LogP contribution in [0, 0.1) is 13.8 Å². The molecule has 1 N–H and O–H groups in total. The Morgan fingerprint density at radius 2 is 1.84 bits per heavy atom. The van der Waals surface area contributed by atoms with Crippen LogP contribution in [0.4, 0.5) is 5.69 Å². The zero-order chi connectivity index (χ0) is 21.8. The quantitative estimate of drug-likeness (QED) is 0.399. The van der Waals surface area contributed by atoms with Gasteiger partial charge in [-0.3, -0.25) is 4.79 Å². The van der Waals surface area contributed by atoms with Gasteiger partial charge < -0.3 is 5.32 Å². The van der Waals surface area contributed by atoms with Crippen LogP contribution < -0.4 is 5.32 Å². The maximum atomic E-state index is 13.4. The van der Waals surface area contributed by atoms with Gasteiger partial charge in [-0.2, -0.15) is 4.68 Å². The fourth-order valence-corrected chi connectivity index (χ4v) is 4.28. The van der Waals surface area contributed by atoms with E-state index in [-0.39, 0.29) is 5.91 Å². The SMILES string of the molecule is Cc1ccc(C)c(NC(=O)[C@H](Sc2nnnn2-c2cccc(Cl)c2)c2ccccc2)c1. The number of rotatable bonds is 6. The molecule has 1 amide bonds. The number of thioether (sulfide) groups is 1. The van der Waals surface area contributed by atoms with Crippen LogP contribution in [0.1, 0.15) is 21.9 Å². The predicted molar refractivity (Wildman–Crippen MR) is 124 cm³/mol. The average Bonchev–Trinajstić information content (AvgIpc) is 3.23. The molecule has 156 valence electrons. The zero-order valence-corrected chi connectivity index (χ0v) is 18.6. The number of carbonyl (C=O) groups excluding carboxylic acids is 1. The first-order valence-electron chi connectivity index (χ1n) is 9.65. The summed E-state index contributed by atoms with van der Waals surface area (Å²) in [4.78, 5) is 13.4. The van der Waals surface area contributed by atoms with Gasteiger partial charge in [0, 0.05) is 10.7 Å². The molecule has 0 saturated carbocycles. The number of carbonyl (C=O) groups is 1. The van der Waals surface area contributed by atoms with E-state index in [2.05, 4.69) is 20.8 Å². The highest BCUT2D eigenvalue weighted by Gasteiger charge is 2.26. The van der Waals surface area contributed by atoms with Crippen molar-refractivity contribution in [2.24, 2.45) is 0 Å². The van der Waals surface area contributed by atoms with Crippen LogP contribution >= 0.6 is 23.4 Å². The number of anilines is 1. The van der Waals surface area contributed by atoms with E-state index < -0.39 is 5.25 Å². The summed E-state index contributed by atoms with van der Waals surface area (Å²) in [7, 11) is 0. The molecule has 4 rings (SSSR count). The minimum Gasteiger partial charge on any atom is -0.325 e. The number of hydrogen-bond acceptors (Lipinski definition) is 5. The first-order chi connectivity index (χ1) is 15.0. The molecule has 4 aromatic rings. The Morgan fingerprint density at radius 3 is 2.61 bits per heavy atom. The highest BCUT2D eigenvalue weighted by molar-refractivity contribution is 8.00. The summed E-state index contributed by atoms with van der Waals surface area (Å²) >= 11 is 7.42. The Hall–Kier alpha value is -3.16. The number of aromatic nitrogens is 4. The van der Waals surface area contributed by atoms with Crippen molar-refractivity contribution < 1.29 is 4.79 Å². The van der Waals surface area contributed by atoms with Crippen molar-refractivity contribution in [3.8, 4) is 5.69 Å². The minimum atomic E-state index is -0.551. The fraction of sp³-hybridized carbons (Fsp3) is 0.130. The lowest BCUT2D eigenvalue weighted by Crippen LogP contribution is -2.20. The van der Waals surface area contributed by atoms with Crippen molar-refractivity contribution in [3.63, 3.8) is 0 Å². The van der Waals surface area contributed by atoms with Gasteiger partial charge in [0.2, 0.25) is 11.1 Å². The number of amides is 1. The summed E-state index contributed by atoms with van der Waals surface area (Å²) in [5, 5.41) is 15.6. The van der Waals surface area contributed by atoms with Crippen LogP contribution in [0.15, 0.2) is 78.0 Å². The second kappa shape index (κ2) is 9.32. The summed E-state index contributed by atoms with van der Waals surface area (Å²) < 4.78 is 1.58. The monoisotopic (exact) mass is 449 g/mol. The van der Waals surface area contributed by atoms with Gasteiger partial charge in [-0.15, -0.1) is 5.10 Å². The zero-order valence-electron chi connectivity index (χ0n) is 17.0. The van der Waals surface area contributed by atoms with E-state index in [9.17, 15) is 4.79 Å². The van der Waals surface area contributed by atoms with Crippen molar-refractivity contribution in [2.45, 2.75) is 24.3 Å². The molecule has 0 aliphatic carbocycles. The van der Waals surface area contributed by atoms with Gasteiger partial charge in [0.25, 0.3) is 0 Å². The number of halogens is 1. The van der Waals surface area contributed by atoms with Gasteiger partial charge in [0.05, 0.1) is 5.69 Å². The molecular weight excluding hydrogens is 430 g/mol. The standard InChI is InChI=1S/C23H20ClN5OS/c1-15-11-12-16(2)20(13-15)25-22(30)21(17-7-4-3-5-8-17)31-23-26-27-28-29(23)19-10-6-9-18(24)14-19/h3-14,21H,1-2H3,(H,25,30)/t21-/m1/s1. The van der Waals surface area contributed by atoms with Gasteiger partial charge in [-0.1, -0.05) is 71.9 Å². The summed E-state index contributed by atoms with van der Waals surface area (Å²) in [5.41, 5.74) is 4.45. The van der Waals surface area contributed by atoms with Gasteiger partial charge in [0.1, 0.15) is 5.25 Å². The molecule has 0 fully saturated rings. The summed E-state index contributed by atoms with van der Waals surface area (Å²) in [6.45, 7) is 3.97. The Kier molecular flexibility index (Phi) is 6.34. The largest absolute Gasteiger partial charge is 0.325 e. The molecule has 31 heavy (non-hydrogen) atoms. The van der Waals surface area contributed by atoms with Gasteiger partial charge in [0.15, 0.2) is 0 Å². The van der Waals surface area contributed by atoms with Crippen molar-refractivity contribution in [1.82, 2.24) is 20.2 Å². The number of hydrogen-bond donors (Lipinski definition) is 1. The van der Waals surface area contributed by atoms with Crippen LogP contribution in [-0.4, -0.2) is 26.1 Å². The molecule has 0 aliphatic heterocycles. The Bertz CT molecular complexity index is 1210. The molecule has 1 atom stereocenters. The highest BCUT2D eigenvalue weighted by atomic mass is 35.5. The maximum Gasteiger partial charge on any atom is 0.242 e. The van der Waals surface area contributed by atoms with Gasteiger partial charge >= 0.3 is 0 Å². The number of tetrazole rings is 1. The topological polar surface area (TPSA) is 72.7 Å².